The number of hydrogen-bond acceptors (Lipinski definition) is 6. The van der Waals surface area contributed by atoms with Crippen LogP contribution >= 0.6 is 0 Å². The van der Waals surface area contributed by atoms with Crippen molar-refractivity contribution in [1.29, 1.82) is 0 Å². The number of carbonyl (C=O) groups is 1. The fourth-order valence-corrected chi connectivity index (χ4v) is 1.59. The average Bonchev–Trinajstić information content (AvgIpc) is 2.46. The van der Waals surface area contributed by atoms with Crippen LogP contribution in [0.5, 0.6) is 0 Å². The normalized spacial score (nSPS) is 9.90. The Bertz CT molecular complexity index is 589. The highest BCUT2D eigenvalue weighted by Crippen LogP contribution is 2.18. The zero-order valence-corrected chi connectivity index (χ0v) is 11.3. The van der Waals surface area contributed by atoms with Gasteiger partial charge >= 0.3 is 6.09 Å². The van der Waals surface area contributed by atoms with E-state index in [1.807, 2.05) is 37.3 Å². The number of rotatable bonds is 4. The minimum absolute atomic E-state index is 0.204. The van der Waals surface area contributed by atoms with Gasteiger partial charge in [-0.3, -0.25) is 5.43 Å². The van der Waals surface area contributed by atoms with Crippen molar-refractivity contribution in [1.82, 2.24) is 20.6 Å². The summed E-state index contributed by atoms with van der Waals surface area (Å²) in [6, 6.07) is 9.64. The van der Waals surface area contributed by atoms with E-state index in [0.717, 1.165) is 5.56 Å². The molecule has 2 N–H and O–H groups in total. The summed E-state index contributed by atoms with van der Waals surface area (Å²) in [5.74, 6) is 0.204. The van der Waals surface area contributed by atoms with Crippen LogP contribution in [0.15, 0.2) is 30.3 Å². The average molecular weight is 273 g/mol. The van der Waals surface area contributed by atoms with Crippen LogP contribution < -0.4 is 10.9 Å². The molecule has 0 fully saturated rings. The van der Waals surface area contributed by atoms with Gasteiger partial charge < -0.3 is 4.74 Å². The van der Waals surface area contributed by atoms with Crippen molar-refractivity contribution in [3.63, 3.8) is 0 Å². The molecule has 7 nitrogen and oxygen atoms in total. The molecule has 7 heteroatoms. The van der Waals surface area contributed by atoms with E-state index in [-0.39, 0.29) is 5.95 Å². The fourth-order valence-electron chi connectivity index (χ4n) is 1.59. The number of amides is 1. The van der Waals surface area contributed by atoms with E-state index in [4.69, 9.17) is 4.74 Å². The standard InChI is InChI=1S/C13H15N5O2/c1-3-20-13(19)18-17-12-14-9(2)11(15-16-12)10-7-5-4-6-8-10/h4-8H,3H2,1-2H3,(H,18,19)(H,14,16,17). The monoisotopic (exact) mass is 273 g/mol. The quantitative estimate of drug-likeness (QED) is 0.827. The van der Waals surface area contributed by atoms with Crippen molar-refractivity contribution in [3.05, 3.63) is 36.0 Å². The molecule has 1 aromatic heterocycles. The van der Waals surface area contributed by atoms with Crippen molar-refractivity contribution in [3.8, 4) is 11.3 Å². The Morgan fingerprint density at radius 1 is 1.25 bits per heavy atom. The first-order chi connectivity index (χ1) is 9.70. The largest absolute Gasteiger partial charge is 0.449 e. The van der Waals surface area contributed by atoms with Crippen LogP contribution in [0.1, 0.15) is 12.6 Å². The van der Waals surface area contributed by atoms with Crippen LogP contribution in [0.3, 0.4) is 0 Å². The molecule has 2 rings (SSSR count). The van der Waals surface area contributed by atoms with E-state index in [1.54, 1.807) is 6.92 Å². The van der Waals surface area contributed by atoms with E-state index in [2.05, 4.69) is 26.0 Å². The fraction of sp³-hybridized carbons (Fsp3) is 0.231. The Labute approximate surface area is 116 Å². The maximum Gasteiger partial charge on any atom is 0.426 e. The molecule has 20 heavy (non-hydrogen) atoms. The van der Waals surface area contributed by atoms with Gasteiger partial charge in [0.1, 0.15) is 5.69 Å². The molecule has 1 heterocycles. The van der Waals surface area contributed by atoms with Gasteiger partial charge in [-0.1, -0.05) is 30.3 Å². The molecule has 104 valence electrons. The number of aromatic nitrogens is 3. The first kappa shape index (κ1) is 13.7. The maximum absolute atomic E-state index is 11.1. The molecule has 0 saturated carbocycles. The van der Waals surface area contributed by atoms with Gasteiger partial charge in [-0.15, -0.1) is 10.2 Å². The Hall–Kier alpha value is -2.70. The van der Waals surface area contributed by atoms with Crippen LogP contribution in [-0.2, 0) is 4.74 Å². The van der Waals surface area contributed by atoms with Crippen LogP contribution in [0, 0.1) is 6.92 Å². The molecule has 0 spiro atoms. The highest BCUT2D eigenvalue weighted by molar-refractivity contribution is 5.68. The van der Waals surface area contributed by atoms with Gasteiger partial charge in [0.15, 0.2) is 0 Å². The topological polar surface area (TPSA) is 89.0 Å². The maximum atomic E-state index is 11.1. The van der Waals surface area contributed by atoms with E-state index >= 15 is 0 Å². The van der Waals surface area contributed by atoms with Crippen LogP contribution in [0.25, 0.3) is 11.3 Å². The predicted molar refractivity (Wildman–Crippen MR) is 73.8 cm³/mol. The minimum Gasteiger partial charge on any atom is -0.449 e. The molecule has 0 radical (unpaired) electrons. The van der Waals surface area contributed by atoms with Gasteiger partial charge in [-0.05, 0) is 13.8 Å². The molecule has 0 aliphatic carbocycles. The highest BCUT2D eigenvalue weighted by Gasteiger charge is 2.08. The number of ether oxygens (including phenoxy) is 1. The first-order valence-corrected chi connectivity index (χ1v) is 6.16. The van der Waals surface area contributed by atoms with Crippen LogP contribution in [0.4, 0.5) is 10.7 Å². The molecular formula is C13H15N5O2. The first-order valence-electron chi connectivity index (χ1n) is 6.16. The number of nitrogens with one attached hydrogen (secondary N) is 2. The summed E-state index contributed by atoms with van der Waals surface area (Å²) in [5.41, 5.74) is 7.20. The lowest BCUT2D eigenvalue weighted by Gasteiger charge is -2.08. The van der Waals surface area contributed by atoms with Gasteiger partial charge in [-0.2, -0.15) is 0 Å². The number of hydrogen-bond donors (Lipinski definition) is 2. The Kier molecular flexibility index (Phi) is 4.43. The van der Waals surface area contributed by atoms with Crippen molar-refractivity contribution in [2.75, 3.05) is 12.0 Å². The summed E-state index contributed by atoms with van der Waals surface area (Å²) in [4.78, 5) is 15.3. The number of nitrogens with zero attached hydrogens (tertiary/aromatic N) is 3. The van der Waals surface area contributed by atoms with Gasteiger partial charge in [0, 0.05) is 5.56 Å². The number of hydrazine groups is 1. The molecule has 2 aromatic rings. The summed E-state index contributed by atoms with van der Waals surface area (Å²) in [6.07, 6.45) is -0.596. The van der Waals surface area contributed by atoms with Crippen molar-refractivity contribution < 1.29 is 9.53 Å². The Balaban J connectivity index is 2.08. The van der Waals surface area contributed by atoms with Gasteiger partial charge in [-0.25, -0.2) is 15.2 Å². The zero-order chi connectivity index (χ0) is 14.4. The van der Waals surface area contributed by atoms with Crippen LogP contribution in [-0.4, -0.2) is 27.9 Å². The SMILES string of the molecule is CCOC(=O)NNc1nnc(-c2ccccc2)c(C)n1. The van der Waals surface area contributed by atoms with Crippen LogP contribution in [0.2, 0.25) is 0 Å². The van der Waals surface area contributed by atoms with Gasteiger partial charge in [0.2, 0.25) is 0 Å². The van der Waals surface area contributed by atoms with Crippen molar-refractivity contribution in [2.24, 2.45) is 0 Å². The van der Waals surface area contributed by atoms with Crippen molar-refractivity contribution in [2.45, 2.75) is 13.8 Å². The lowest BCUT2D eigenvalue weighted by atomic mass is 10.1. The second kappa shape index (κ2) is 6.46. The minimum atomic E-state index is -0.596. The summed E-state index contributed by atoms with van der Waals surface area (Å²) in [6.45, 7) is 3.83. The van der Waals surface area contributed by atoms with Gasteiger partial charge in [0.25, 0.3) is 5.95 Å². The van der Waals surface area contributed by atoms with E-state index in [1.165, 1.54) is 0 Å². The zero-order valence-electron chi connectivity index (χ0n) is 11.3. The van der Waals surface area contributed by atoms with E-state index in [9.17, 15) is 4.79 Å². The molecule has 1 aromatic carbocycles. The second-order valence-electron chi connectivity index (χ2n) is 3.91. The molecule has 0 saturated heterocycles. The third kappa shape index (κ3) is 3.41. The smallest absolute Gasteiger partial charge is 0.426 e. The number of carbonyl (C=O) groups excluding carboxylic acids is 1. The third-order valence-corrected chi connectivity index (χ3v) is 2.46. The molecule has 0 aliphatic heterocycles. The van der Waals surface area contributed by atoms with E-state index < -0.39 is 6.09 Å². The number of anilines is 1. The molecule has 0 bridgehead atoms. The molecular weight excluding hydrogens is 258 g/mol. The van der Waals surface area contributed by atoms with E-state index in [0.29, 0.717) is 18.0 Å². The third-order valence-electron chi connectivity index (χ3n) is 2.46. The summed E-state index contributed by atoms with van der Waals surface area (Å²) >= 11 is 0. The van der Waals surface area contributed by atoms with Gasteiger partial charge in [0.05, 0.1) is 12.3 Å². The lowest BCUT2D eigenvalue weighted by molar-refractivity contribution is 0.154. The molecule has 0 aliphatic rings. The lowest BCUT2D eigenvalue weighted by Crippen LogP contribution is -2.31. The molecule has 0 unspecified atom stereocenters. The highest BCUT2D eigenvalue weighted by atomic mass is 16.5. The Morgan fingerprint density at radius 2 is 2.00 bits per heavy atom. The molecule has 0 atom stereocenters. The van der Waals surface area contributed by atoms with Crippen molar-refractivity contribution >= 4 is 12.0 Å². The molecule has 1 amide bonds. The number of aryl methyl sites for hydroxylation is 1. The predicted octanol–water partition coefficient (Wildman–Crippen LogP) is 1.92. The Morgan fingerprint density at radius 3 is 2.65 bits per heavy atom. The summed E-state index contributed by atoms with van der Waals surface area (Å²) in [7, 11) is 0. The number of benzene rings is 1. The summed E-state index contributed by atoms with van der Waals surface area (Å²) in [5, 5.41) is 8.01. The second-order valence-corrected chi connectivity index (χ2v) is 3.91. The summed E-state index contributed by atoms with van der Waals surface area (Å²) < 4.78 is 4.70.